The van der Waals surface area contributed by atoms with Gasteiger partial charge in [0.25, 0.3) is 5.60 Å². The maximum absolute atomic E-state index is 12.5. The van der Waals surface area contributed by atoms with Gasteiger partial charge in [0.1, 0.15) is 5.75 Å². The van der Waals surface area contributed by atoms with Crippen molar-refractivity contribution in [3.63, 3.8) is 0 Å². The Labute approximate surface area is 99.1 Å². The van der Waals surface area contributed by atoms with Gasteiger partial charge in [-0.1, -0.05) is 23.7 Å². The number of epoxide rings is 1. The second-order valence-electron chi connectivity index (χ2n) is 3.43. The Morgan fingerprint density at radius 3 is 2.47 bits per heavy atom. The molecule has 0 N–H and O–H groups in total. The average Bonchev–Trinajstić information content (AvgIpc) is 3.01. The third-order valence-electron chi connectivity index (χ3n) is 2.26. The van der Waals surface area contributed by atoms with Crippen LogP contribution in [0.3, 0.4) is 0 Å². The Hall–Kier alpha value is -1.27. The Kier molecular flexibility index (Phi) is 2.79. The van der Waals surface area contributed by atoms with Crippen LogP contribution in [-0.2, 0) is 9.53 Å². The van der Waals surface area contributed by atoms with Crippen molar-refractivity contribution in [1.29, 1.82) is 0 Å². The lowest BCUT2D eigenvalue weighted by Crippen LogP contribution is -2.43. The van der Waals surface area contributed by atoms with E-state index in [0.717, 1.165) is 0 Å². The van der Waals surface area contributed by atoms with Gasteiger partial charge in [-0.15, -0.1) is 0 Å². The topological polar surface area (TPSA) is 38.8 Å². The maximum atomic E-state index is 12.5. The van der Waals surface area contributed by atoms with Crippen molar-refractivity contribution in [3.05, 3.63) is 29.3 Å². The van der Waals surface area contributed by atoms with Gasteiger partial charge in [0.2, 0.25) is 0 Å². The third-order valence-corrected chi connectivity index (χ3v) is 2.57. The molecular formula is C10H6ClF3O3. The SMILES string of the molecule is O=C(Oc1ccccc1Cl)C1(C(F)(F)F)CO1. The highest BCUT2D eigenvalue weighted by molar-refractivity contribution is 6.32. The third kappa shape index (κ3) is 2.10. The molecule has 1 saturated heterocycles. The summed E-state index contributed by atoms with van der Waals surface area (Å²) in [7, 11) is 0. The van der Waals surface area contributed by atoms with Gasteiger partial charge in [-0.2, -0.15) is 13.2 Å². The zero-order chi connectivity index (χ0) is 12.7. The number of carbonyl (C=O) groups is 1. The van der Waals surface area contributed by atoms with Crippen molar-refractivity contribution < 1.29 is 27.4 Å². The van der Waals surface area contributed by atoms with Gasteiger partial charge in [-0.25, -0.2) is 4.79 Å². The van der Waals surface area contributed by atoms with Crippen LogP contribution in [-0.4, -0.2) is 24.4 Å². The molecule has 0 aromatic heterocycles. The molecule has 3 nitrogen and oxygen atoms in total. The van der Waals surface area contributed by atoms with E-state index in [1.54, 1.807) is 6.07 Å². The first kappa shape index (κ1) is 12.2. The molecule has 1 aromatic carbocycles. The van der Waals surface area contributed by atoms with Crippen LogP contribution < -0.4 is 4.74 Å². The molecule has 0 aliphatic carbocycles. The van der Waals surface area contributed by atoms with Crippen LogP contribution >= 0.6 is 11.6 Å². The van der Waals surface area contributed by atoms with E-state index in [9.17, 15) is 18.0 Å². The molecule has 1 aliphatic rings. The van der Waals surface area contributed by atoms with E-state index >= 15 is 0 Å². The van der Waals surface area contributed by atoms with Crippen molar-refractivity contribution in [2.75, 3.05) is 6.61 Å². The van der Waals surface area contributed by atoms with Crippen LogP contribution in [0, 0.1) is 0 Å². The number of rotatable bonds is 2. The number of alkyl halides is 3. The van der Waals surface area contributed by atoms with Crippen molar-refractivity contribution in [2.45, 2.75) is 11.8 Å². The lowest BCUT2D eigenvalue weighted by atomic mass is 10.1. The fraction of sp³-hybridized carbons (Fsp3) is 0.300. The fourth-order valence-electron chi connectivity index (χ4n) is 1.18. The van der Waals surface area contributed by atoms with Crippen LogP contribution in [0.5, 0.6) is 5.75 Å². The molecule has 0 saturated carbocycles. The van der Waals surface area contributed by atoms with Gasteiger partial charge in [0.15, 0.2) is 0 Å². The molecule has 0 amide bonds. The summed E-state index contributed by atoms with van der Waals surface area (Å²) in [5, 5.41) is 0.0545. The normalized spacial score (nSPS) is 23.3. The van der Waals surface area contributed by atoms with E-state index in [1.165, 1.54) is 18.2 Å². The Balaban J connectivity index is 2.16. The van der Waals surface area contributed by atoms with Gasteiger partial charge in [0, 0.05) is 0 Å². The van der Waals surface area contributed by atoms with Crippen molar-refractivity contribution in [1.82, 2.24) is 0 Å². The van der Waals surface area contributed by atoms with Gasteiger partial charge in [-0.3, -0.25) is 0 Å². The second-order valence-corrected chi connectivity index (χ2v) is 3.84. The summed E-state index contributed by atoms with van der Waals surface area (Å²) in [6.45, 7) is -0.722. The first-order valence-corrected chi connectivity index (χ1v) is 4.92. The molecule has 1 aromatic rings. The van der Waals surface area contributed by atoms with Gasteiger partial charge in [-0.05, 0) is 12.1 Å². The van der Waals surface area contributed by atoms with Crippen LogP contribution in [0.25, 0.3) is 0 Å². The molecule has 2 rings (SSSR count). The first-order chi connectivity index (χ1) is 7.87. The van der Waals surface area contributed by atoms with Crippen molar-refractivity contribution in [3.8, 4) is 5.75 Å². The predicted octanol–water partition coefficient (Wildman–Crippen LogP) is 2.58. The number of carbonyl (C=O) groups excluding carboxylic acids is 1. The minimum Gasteiger partial charge on any atom is -0.422 e. The highest BCUT2D eigenvalue weighted by Gasteiger charge is 2.73. The highest BCUT2D eigenvalue weighted by Crippen LogP contribution is 2.44. The highest BCUT2D eigenvalue weighted by atomic mass is 35.5. The Morgan fingerprint density at radius 2 is 2.00 bits per heavy atom. The second kappa shape index (κ2) is 3.89. The molecule has 1 atom stereocenters. The molecule has 1 unspecified atom stereocenters. The van der Waals surface area contributed by atoms with Crippen molar-refractivity contribution >= 4 is 17.6 Å². The summed E-state index contributed by atoms with van der Waals surface area (Å²) in [6.07, 6.45) is -4.79. The number of benzene rings is 1. The summed E-state index contributed by atoms with van der Waals surface area (Å²) < 4.78 is 46.2. The molecule has 7 heteroatoms. The molecule has 1 aliphatic heterocycles. The van der Waals surface area contributed by atoms with Crippen LogP contribution in [0.2, 0.25) is 5.02 Å². The average molecular weight is 267 g/mol. The van der Waals surface area contributed by atoms with Crippen LogP contribution in [0.15, 0.2) is 24.3 Å². The molecule has 1 heterocycles. The summed E-state index contributed by atoms with van der Waals surface area (Å²) in [5.41, 5.74) is -2.83. The standard InChI is InChI=1S/C10H6ClF3O3/c11-6-3-1-2-4-7(6)17-8(15)9(5-16-9)10(12,13)14/h1-4H,5H2. The van der Waals surface area contributed by atoms with E-state index < -0.39 is 24.4 Å². The summed E-state index contributed by atoms with van der Waals surface area (Å²) >= 11 is 5.65. The van der Waals surface area contributed by atoms with Crippen LogP contribution in [0.4, 0.5) is 13.2 Å². The molecule has 0 radical (unpaired) electrons. The van der Waals surface area contributed by atoms with Gasteiger partial charge in [0.05, 0.1) is 11.6 Å². The number of ether oxygens (including phenoxy) is 2. The predicted molar refractivity (Wildman–Crippen MR) is 51.8 cm³/mol. The van der Waals surface area contributed by atoms with Crippen molar-refractivity contribution in [2.24, 2.45) is 0 Å². The zero-order valence-corrected chi connectivity index (χ0v) is 9.01. The van der Waals surface area contributed by atoms with E-state index in [1.807, 2.05) is 0 Å². The summed E-state index contributed by atoms with van der Waals surface area (Å²) in [4.78, 5) is 11.4. The molecule has 0 spiro atoms. The molecule has 17 heavy (non-hydrogen) atoms. The van der Waals surface area contributed by atoms with Gasteiger partial charge >= 0.3 is 12.1 Å². The number of esters is 1. The number of hydrogen-bond acceptors (Lipinski definition) is 3. The Bertz CT molecular complexity index is 454. The summed E-state index contributed by atoms with van der Waals surface area (Å²) in [6, 6.07) is 5.75. The minimum absolute atomic E-state index is 0.0545. The smallest absolute Gasteiger partial charge is 0.422 e. The lowest BCUT2D eigenvalue weighted by molar-refractivity contribution is -0.198. The number of hydrogen-bond donors (Lipinski definition) is 0. The minimum atomic E-state index is -4.79. The lowest BCUT2D eigenvalue weighted by Gasteiger charge is -2.14. The fourth-order valence-corrected chi connectivity index (χ4v) is 1.35. The Morgan fingerprint density at radius 1 is 1.41 bits per heavy atom. The molecule has 1 fully saturated rings. The van der Waals surface area contributed by atoms with Gasteiger partial charge < -0.3 is 9.47 Å². The first-order valence-electron chi connectivity index (χ1n) is 4.54. The molecule has 92 valence electrons. The summed E-state index contributed by atoms with van der Waals surface area (Å²) in [5.74, 6) is -1.63. The number of para-hydroxylation sites is 1. The van der Waals surface area contributed by atoms with E-state index in [-0.39, 0.29) is 10.8 Å². The van der Waals surface area contributed by atoms with Crippen LogP contribution in [0.1, 0.15) is 0 Å². The monoisotopic (exact) mass is 266 g/mol. The molecular weight excluding hydrogens is 261 g/mol. The van der Waals surface area contributed by atoms with E-state index in [4.69, 9.17) is 11.6 Å². The number of halogens is 4. The molecule has 0 bridgehead atoms. The quantitative estimate of drug-likeness (QED) is 0.469. The largest absolute Gasteiger partial charge is 0.430 e. The van der Waals surface area contributed by atoms with E-state index in [2.05, 4.69) is 9.47 Å². The zero-order valence-electron chi connectivity index (χ0n) is 8.25. The van der Waals surface area contributed by atoms with E-state index in [0.29, 0.717) is 0 Å². The maximum Gasteiger partial charge on any atom is 0.430 e.